The Morgan fingerprint density at radius 2 is 1.96 bits per heavy atom. The van der Waals surface area contributed by atoms with Crippen molar-refractivity contribution in [2.24, 2.45) is 4.99 Å². The predicted octanol–water partition coefficient (Wildman–Crippen LogP) is 4.24. The van der Waals surface area contributed by atoms with Crippen molar-refractivity contribution in [2.75, 3.05) is 18.5 Å². The molecule has 0 aliphatic carbocycles. The number of benzene rings is 2. The van der Waals surface area contributed by atoms with Crippen molar-refractivity contribution in [3.05, 3.63) is 64.7 Å². The van der Waals surface area contributed by atoms with Gasteiger partial charge in [0.25, 0.3) is 5.91 Å². The van der Waals surface area contributed by atoms with E-state index in [1.54, 1.807) is 0 Å². The van der Waals surface area contributed by atoms with E-state index < -0.39 is 0 Å². The molecule has 5 nitrogen and oxygen atoms in total. The Kier molecular flexibility index (Phi) is 6.82. The molecule has 0 saturated carbocycles. The van der Waals surface area contributed by atoms with Crippen molar-refractivity contribution in [1.29, 1.82) is 0 Å². The average Bonchev–Trinajstić information content (AvgIpc) is 3.22. The number of guanidine groups is 1. The molecule has 2 N–H and O–H groups in total. The first-order valence-electron chi connectivity index (χ1n) is 9.95. The van der Waals surface area contributed by atoms with E-state index in [1.165, 1.54) is 11.1 Å². The lowest BCUT2D eigenvalue weighted by Crippen LogP contribution is -2.37. The summed E-state index contributed by atoms with van der Waals surface area (Å²) in [4.78, 5) is 17.3. The summed E-state index contributed by atoms with van der Waals surface area (Å²) in [5.41, 5.74) is 5.05. The van der Waals surface area contributed by atoms with Gasteiger partial charge >= 0.3 is 0 Å². The van der Waals surface area contributed by atoms with Crippen LogP contribution < -0.4 is 10.6 Å². The standard InChI is InChI=1S/C23H29N3O2/c1-4-18-8-10-19(11-9-18)22(27)26-23(24-15-20-6-5-13-28-20)25-21-12-7-16(2)14-17(21)3/h7-12,14,20H,4-6,13,15H2,1-3H3,(H2,24,25,26,27)/t20-/m1/s1. The quantitative estimate of drug-likeness (QED) is 0.603. The van der Waals surface area contributed by atoms with E-state index in [0.29, 0.717) is 18.1 Å². The maximum absolute atomic E-state index is 12.7. The molecule has 28 heavy (non-hydrogen) atoms. The van der Waals surface area contributed by atoms with Gasteiger partial charge in [-0.1, -0.05) is 36.8 Å². The van der Waals surface area contributed by atoms with Crippen LogP contribution in [0.5, 0.6) is 0 Å². The van der Waals surface area contributed by atoms with Crippen LogP contribution >= 0.6 is 0 Å². The van der Waals surface area contributed by atoms with Gasteiger partial charge in [-0.3, -0.25) is 10.1 Å². The molecule has 0 bridgehead atoms. The molecule has 2 aromatic rings. The van der Waals surface area contributed by atoms with Gasteiger partial charge < -0.3 is 10.1 Å². The van der Waals surface area contributed by atoms with Crippen LogP contribution in [-0.2, 0) is 11.2 Å². The van der Waals surface area contributed by atoms with Crippen molar-refractivity contribution < 1.29 is 9.53 Å². The molecule has 1 aliphatic rings. The van der Waals surface area contributed by atoms with E-state index in [4.69, 9.17) is 4.74 Å². The average molecular weight is 380 g/mol. The normalized spacial score (nSPS) is 16.8. The van der Waals surface area contributed by atoms with Crippen LogP contribution in [0.15, 0.2) is 47.5 Å². The minimum atomic E-state index is -0.175. The summed E-state index contributed by atoms with van der Waals surface area (Å²) in [6, 6.07) is 13.8. The Labute approximate surface area is 167 Å². The van der Waals surface area contributed by atoms with E-state index >= 15 is 0 Å². The van der Waals surface area contributed by atoms with Crippen LogP contribution in [-0.4, -0.2) is 31.1 Å². The lowest BCUT2D eigenvalue weighted by Gasteiger charge is -2.15. The summed E-state index contributed by atoms with van der Waals surface area (Å²) in [5.74, 6) is 0.276. The second-order valence-electron chi connectivity index (χ2n) is 7.27. The fraction of sp³-hybridized carbons (Fsp3) is 0.391. The van der Waals surface area contributed by atoms with Crippen LogP contribution in [0.2, 0.25) is 0 Å². The fourth-order valence-corrected chi connectivity index (χ4v) is 3.24. The zero-order valence-electron chi connectivity index (χ0n) is 16.9. The number of amides is 1. The molecular weight excluding hydrogens is 350 g/mol. The highest BCUT2D eigenvalue weighted by atomic mass is 16.5. The minimum Gasteiger partial charge on any atom is -0.376 e. The third-order valence-electron chi connectivity index (χ3n) is 4.97. The van der Waals surface area contributed by atoms with Crippen molar-refractivity contribution in [1.82, 2.24) is 5.32 Å². The van der Waals surface area contributed by atoms with Crippen LogP contribution in [0.3, 0.4) is 0 Å². The lowest BCUT2D eigenvalue weighted by atomic mass is 10.1. The lowest BCUT2D eigenvalue weighted by molar-refractivity contribution is 0.0975. The number of carbonyl (C=O) groups is 1. The highest BCUT2D eigenvalue weighted by molar-refractivity contribution is 6.10. The number of aryl methyl sites for hydroxylation is 3. The molecule has 1 fully saturated rings. The Balaban J connectivity index is 1.75. The zero-order valence-corrected chi connectivity index (χ0v) is 16.9. The first-order chi connectivity index (χ1) is 13.5. The first kappa shape index (κ1) is 20.1. The number of anilines is 1. The van der Waals surface area contributed by atoms with Gasteiger partial charge in [0.15, 0.2) is 0 Å². The summed E-state index contributed by atoms with van der Waals surface area (Å²) in [6.45, 7) is 7.51. The Morgan fingerprint density at radius 3 is 2.61 bits per heavy atom. The molecule has 2 aromatic carbocycles. The number of hydrogen-bond acceptors (Lipinski definition) is 3. The summed E-state index contributed by atoms with van der Waals surface area (Å²) in [7, 11) is 0. The molecule has 5 heteroatoms. The van der Waals surface area contributed by atoms with Crippen molar-refractivity contribution in [3.63, 3.8) is 0 Å². The van der Waals surface area contributed by atoms with Gasteiger partial charge in [0.1, 0.15) is 0 Å². The fourth-order valence-electron chi connectivity index (χ4n) is 3.24. The van der Waals surface area contributed by atoms with Crippen molar-refractivity contribution >= 4 is 17.6 Å². The molecule has 0 unspecified atom stereocenters. The number of carbonyl (C=O) groups excluding carboxylic acids is 1. The number of nitrogens with one attached hydrogen (secondary N) is 2. The highest BCUT2D eigenvalue weighted by Gasteiger charge is 2.16. The zero-order chi connectivity index (χ0) is 19.9. The molecular formula is C23H29N3O2. The smallest absolute Gasteiger partial charge is 0.257 e. The Bertz CT molecular complexity index is 837. The van der Waals surface area contributed by atoms with Gasteiger partial charge in [-0.25, -0.2) is 4.99 Å². The molecule has 1 atom stereocenters. The molecule has 0 radical (unpaired) electrons. The van der Waals surface area contributed by atoms with Crippen LogP contribution in [0.1, 0.15) is 46.8 Å². The monoisotopic (exact) mass is 379 g/mol. The summed E-state index contributed by atoms with van der Waals surface area (Å²) >= 11 is 0. The third-order valence-corrected chi connectivity index (χ3v) is 4.97. The van der Waals surface area contributed by atoms with Crippen LogP contribution in [0.25, 0.3) is 0 Å². The highest BCUT2D eigenvalue weighted by Crippen LogP contribution is 2.17. The molecule has 1 amide bonds. The van der Waals surface area contributed by atoms with Crippen molar-refractivity contribution in [3.8, 4) is 0 Å². The maximum Gasteiger partial charge on any atom is 0.257 e. The van der Waals surface area contributed by atoms with E-state index in [2.05, 4.69) is 35.5 Å². The largest absolute Gasteiger partial charge is 0.376 e. The van der Waals surface area contributed by atoms with E-state index in [9.17, 15) is 4.79 Å². The van der Waals surface area contributed by atoms with Gasteiger partial charge in [-0.2, -0.15) is 0 Å². The number of ether oxygens (including phenoxy) is 1. The van der Waals surface area contributed by atoms with Crippen molar-refractivity contribution in [2.45, 2.75) is 46.1 Å². The van der Waals surface area contributed by atoms with E-state index in [-0.39, 0.29) is 12.0 Å². The Morgan fingerprint density at radius 1 is 1.18 bits per heavy atom. The van der Waals surface area contributed by atoms with Crippen LogP contribution in [0, 0.1) is 13.8 Å². The first-order valence-corrected chi connectivity index (χ1v) is 9.95. The molecule has 3 rings (SSSR count). The number of rotatable bonds is 5. The minimum absolute atomic E-state index is 0.122. The molecule has 1 aliphatic heterocycles. The molecule has 148 valence electrons. The molecule has 1 saturated heterocycles. The SMILES string of the molecule is CCc1ccc(C(=O)NC(=NC[C@H]2CCCO2)Nc2ccc(C)cc2C)cc1. The van der Waals surface area contributed by atoms with Gasteiger partial charge in [0.05, 0.1) is 12.6 Å². The maximum atomic E-state index is 12.7. The summed E-state index contributed by atoms with van der Waals surface area (Å²) < 4.78 is 5.66. The predicted molar refractivity (Wildman–Crippen MR) is 114 cm³/mol. The van der Waals surface area contributed by atoms with Gasteiger partial charge in [-0.05, 0) is 62.4 Å². The van der Waals surface area contributed by atoms with E-state index in [1.807, 2.05) is 43.3 Å². The number of aliphatic imine (C=N–C) groups is 1. The van der Waals surface area contributed by atoms with Crippen LogP contribution in [0.4, 0.5) is 5.69 Å². The third kappa shape index (κ3) is 5.42. The topological polar surface area (TPSA) is 62.7 Å². The molecule has 0 aromatic heterocycles. The second kappa shape index (κ2) is 9.51. The molecule has 1 heterocycles. The van der Waals surface area contributed by atoms with Gasteiger partial charge in [-0.15, -0.1) is 0 Å². The number of hydrogen-bond donors (Lipinski definition) is 2. The van der Waals surface area contributed by atoms with Gasteiger partial charge in [0, 0.05) is 17.9 Å². The van der Waals surface area contributed by atoms with Gasteiger partial charge in [0.2, 0.25) is 5.96 Å². The number of nitrogens with zero attached hydrogens (tertiary/aromatic N) is 1. The second-order valence-corrected chi connectivity index (χ2v) is 7.27. The summed E-state index contributed by atoms with van der Waals surface area (Å²) in [6.07, 6.45) is 3.14. The Hall–Kier alpha value is -2.66. The molecule has 0 spiro atoms. The van der Waals surface area contributed by atoms with E-state index in [0.717, 1.165) is 37.1 Å². The summed E-state index contributed by atoms with van der Waals surface area (Å²) in [5, 5.41) is 6.21.